The van der Waals surface area contributed by atoms with E-state index in [1.807, 2.05) is 6.92 Å². The van der Waals surface area contributed by atoms with Crippen molar-refractivity contribution in [3.05, 3.63) is 12.2 Å². The minimum absolute atomic E-state index is 0.0267. The molecular weight excluding hydrogens is 164 g/mol. The topological polar surface area (TPSA) is 26.3 Å². The smallest absolute Gasteiger partial charge is 0.309 e. The van der Waals surface area contributed by atoms with Crippen LogP contribution in [0.2, 0.25) is 0 Å². The molecule has 2 heteroatoms. The first kappa shape index (κ1) is 10.3. The fourth-order valence-electron chi connectivity index (χ4n) is 2.30. The van der Waals surface area contributed by atoms with Crippen LogP contribution >= 0.6 is 0 Å². The summed E-state index contributed by atoms with van der Waals surface area (Å²) in [5, 5.41) is 0. The van der Waals surface area contributed by atoms with Gasteiger partial charge in [-0.3, -0.25) is 4.79 Å². The maximum atomic E-state index is 11.3. The third kappa shape index (κ3) is 1.50. The number of carbonyl (C=O) groups is 1. The molecule has 0 spiro atoms. The van der Waals surface area contributed by atoms with Crippen LogP contribution in [0.1, 0.15) is 27.2 Å². The van der Waals surface area contributed by atoms with E-state index in [1.165, 1.54) is 12.7 Å². The molecule has 74 valence electrons. The van der Waals surface area contributed by atoms with Crippen molar-refractivity contribution in [2.45, 2.75) is 27.2 Å². The average molecular weight is 182 g/mol. The molecule has 0 aromatic heterocycles. The first-order valence-corrected chi connectivity index (χ1v) is 4.64. The van der Waals surface area contributed by atoms with Crippen LogP contribution in [0, 0.1) is 17.3 Å². The molecule has 0 N–H and O–H groups in total. The number of allylic oxidation sites excluding steroid dienone is 1. The van der Waals surface area contributed by atoms with Crippen molar-refractivity contribution in [3.8, 4) is 0 Å². The molecule has 1 rings (SSSR count). The number of methoxy groups -OCH3 is 1. The van der Waals surface area contributed by atoms with Crippen LogP contribution in [0.4, 0.5) is 0 Å². The van der Waals surface area contributed by atoms with E-state index in [0.717, 1.165) is 6.42 Å². The molecule has 0 radical (unpaired) electrons. The summed E-state index contributed by atoms with van der Waals surface area (Å²) in [6, 6.07) is 0. The van der Waals surface area contributed by atoms with E-state index < -0.39 is 0 Å². The van der Waals surface area contributed by atoms with Gasteiger partial charge in [-0.15, -0.1) is 0 Å². The van der Waals surface area contributed by atoms with Gasteiger partial charge in [0.05, 0.1) is 13.0 Å². The van der Waals surface area contributed by atoms with Crippen molar-refractivity contribution in [1.29, 1.82) is 0 Å². The van der Waals surface area contributed by atoms with Crippen LogP contribution in [-0.4, -0.2) is 13.1 Å². The number of ether oxygens (including phenoxy) is 1. The van der Waals surface area contributed by atoms with E-state index in [-0.39, 0.29) is 17.3 Å². The Balaban J connectivity index is 2.69. The summed E-state index contributed by atoms with van der Waals surface area (Å²) in [4.78, 5) is 11.3. The number of hydrogen-bond donors (Lipinski definition) is 0. The molecule has 0 aromatic carbocycles. The molecule has 0 saturated heterocycles. The van der Waals surface area contributed by atoms with E-state index in [1.54, 1.807) is 0 Å². The fourth-order valence-corrected chi connectivity index (χ4v) is 2.30. The van der Waals surface area contributed by atoms with Crippen molar-refractivity contribution in [3.63, 3.8) is 0 Å². The molecule has 0 aliphatic heterocycles. The summed E-state index contributed by atoms with van der Waals surface area (Å²) >= 11 is 0. The standard InChI is InChI=1S/C11H18O2/c1-7(2)8-6-9(10(12)13-5)11(8,3)4/h8-9H,1,6H2,2-5H3/t8-,9+/m1/s1. The van der Waals surface area contributed by atoms with E-state index in [9.17, 15) is 4.79 Å². The van der Waals surface area contributed by atoms with Gasteiger partial charge in [0.25, 0.3) is 0 Å². The Labute approximate surface area is 80.0 Å². The van der Waals surface area contributed by atoms with Gasteiger partial charge < -0.3 is 4.74 Å². The molecule has 1 aliphatic rings. The molecule has 1 aliphatic carbocycles. The molecule has 0 amide bonds. The van der Waals surface area contributed by atoms with E-state index in [0.29, 0.717) is 5.92 Å². The van der Waals surface area contributed by atoms with Gasteiger partial charge in [-0.1, -0.05) is 26.0 Å². The van der Waals surface area contributed by atoms with Gasteiger partial charge in [0.2, 0.25) is 0 Å². The molecule has 0 unspecified atom stereocenters. The van der Waals surface area contributed by atoms with Gasteiger partial charge in [0.15, 0.2) is 0 Å². The maximum absolute atomic E-state index is 11.3. The summed E-state index contributed by atoms with van der Waals surface area (Å²) in [7, 11) is 1.45. The molecule has 13 heavy (non-hydrogen) atoms. The monoisotopic (exact) mass is 182 g/mol. The number of esters is 1. The summed E-state index contributed by atoms with van der Waals surface area (Å²) < 4.78 is 4.75. The molecule has 2 nitrogen and oxygen atoms in total. The van der Waals surface area contributed by atoms with Crippen molar-refractivity contribution < 1.29 is 9.53 Å². The molecule has 1 fully saturated rings. The largest absolute Gasteiger partial charge is 0.469 e. The van der Waals surface area contributed by atoms with Gasteiger partial charge in [-0.25, -0.2) is 0 Å². The quantitative estimate of drug-likeness (QED) is 0.484. The Morgan fingerprint density at radius 1 is 1.46 bits per heavy atom. The lowest BCUT2D eigenvalue weighted by Crippen LogP contribution is -2.49. The molecule has 0 aromatic rings. The number of rotatable bonds is 2. The number of hydrogen-bond acceptors (Lipinski definition) is 2. The van der Waals surface area contributed by atoms with Crippen LogP contribution in [0.3, 0.4) is 0 Å². The predicted octanol–water partition coefficient (Wildman–Crippen LogP) is 2.40. The van der Waals surface area contributed by atoms with Crippen molar-refractivity contribution in [1.82, 2.24) is 0 Å². The SMILES string of the molecule is C=C(C)[C@H]1C[C@@H](C(=O)OC)C1(C)C. The molecular formula is C11H18O2. The Morgan fingerprint density at radius 2 is 2.00 bits per heavy atom. The van der Waals surface area contributed by atoms with Crippen LogP contribution in [-0.2, 0) is 9.53 Å². The van der Waals surface area contributed by atoms with E-state index in [4.69, 9.17) is 4.74 Å². The third-order valence-electron chi connectivity index (χ3n) is 3.35. The maximum Gasteiger partial charge on any atom is 0.309 e. The number of carbonyl (C=O) groups excluding carboxylic acids is 1. The van der Waals surface area contributed by atoms with Gasteiger partial charge in [0, 0.05) is 0 Å². The minimum Gasteiger partial charge on any atom is -0.469 e. The first-order chi connectivity index (χ1) is 5.91. The van der Waals surface area contributed by atoms with Gasteiger partial charge in [-0.05, 0) is 24.7 Å². The second-order valence-electron chi connectivity index (χ2n) is 4.53. The highest BCUT2D eigenvalue weighted by atomic mass is 16.5. The Kier molecular flexibility index (Phi) is 2.51. The second kappa shape index (κ2) is 3.17. The molecule has 0 heterocycles. The van der Waals surface area contributed by atoms with Crippen molar-refractivity contribution in [2.75, 3.05) is 7.11 Å². The van der Waals surface area contributed by atoms with E-state index in [2.05, 4.69) is 20.4 Å². The van der Waals surface area contributed by atoms with Gasteiger partial charge in [0.1, 0.15) is 0 Å². The zero-order valence-electron chi connectivity index (χ0n) is 8.89. The zero-order valence-corrected chi connectivity index (χ0v) is 8.89. The molecule has 0 bridgehead atoms. The van der Waals surface area contributed by atoms with Crippen LogP contribution < -0.4 is 0 Å². The average Bonchev–Trinajstić information content (AvgIpc) is 2.01. The fraction of sp³-hybridized carbons (Fsp3) is 0.727. The zero-order chi connectivity index (χ0) is 10.2. The lowest BCUT2D eigenvalue weighted by molar-refractivity contribution is -0.160. The summed E-state index contributed by atoms with van der Waals surface area (Å²) in [6.07, 6.45) is 0.898. The van der Waals surface area contributed by atoms with Crippen molar-refractivity contribution in [2.24, 2.45) is 17.3 Å². The van der Waals surface area contributed by atoms with Crippen LogP contribution in [0.15, 0.2) is 12.2 Å². The Bertz CT molecular complexity index is 240. The van der Waals surface area contributed by atoms with Crippen molar-refractivity contribution >= 4 is 5.97 Å². The van der Waals surface area contributed by atoms with Crippen LogP contribution in [0.25, 0.3) is 0 Å². The Hall–Kier alpha value is -0.790. The third-order valence-corrected chi connectivity index (χ3v) is 3.35. The van der Waals surface area contributed by atoms with Crippen LogP contribution in [0.5, 0.6) is 0 Å². The normalized spacial score (nSPS) is 30.5. The lowest BCUT2D eigenvalue weighted by Gasteiger charge is -2.51. The summed E-state index contributed by atoms with van der Waals surface area (Å²) in [5.74, 6) is 0.443. The lowest BCUT2D eigenvalue weighted by atomic mass is 9.53. The second-order valence-corrected chi connectivity index (χ2v) is 4.53. The highest BCUT2D eigenvalue weighted by molar-refractivity contribution is 5.74. The highest BCUT2D eigenvalue weighted by Gasteiger charge is 2.52. The highest BCUT2D eigenvalue weighted by Crippen LogP contribution is 2.54. The summed E-state index contributed by atoms with van der Waals surface area (Å²) in [5.41, 5.74) is 1.20. The van der Waals surface area contributed by atoms with Gasteiger partial charge >= 0.3 is 5.97 Å². The minimum atomic E-state index is -0.0810. The molecule has 1 saturated carbocycles. The summed E-state index contributed by atoms with van der Waals surface area (Å²) in [6.45, 7) is 10.2. The predicted molar refractivity (Wildman–Crippen MR) is 52.2 cm³/mol. The van der Waals surface area contributed by atoms with E-state index >= 15 is 0 Å². The molecule has 2 atom stereocenters. The first-order valence-electron chi connectivity index (χ1n) is 4.64. The van der Waals surface area contributed by atoms with Gasteiger partial charge in [-0.2, -0.15) is 0 Å². The Morgan fingerprint density at radius 3 is 2.31 bits per heavy atom.